The van der Waals surface area contributed by atoms with Crippen molar-refractivity contribution in [2.24, 2.45) is 30.7 Å². The van der Waals surface area contributed by atoms with Gasteiger partial charge >= 0.3 is 0 Å². The number of phenols is 1. The highest BCUT2D eigenvalue weighted by Gasteiger charge is 2.27. The molecule has 0 aromatic heterocycles. The van der Waals surface area contributed by atoms with Gasteiger partial charge in [0.25, 0.3) is 30.3 Å². The fourth-order valence-corrected chi connectivity index (χ4v) is 10.2. The minimum atomic E-state index is -5.26. The maximum absolute atomic E-state index is 13.2. The van der Waals surface area contributed by atoms with Gasteiger partial charge in [0.15, 0.2) is 27.9 Å². The fraction of sp³-hybridized carbons (Fsp3) is 0.0556. The molecule has 0 saturated heterocycles. The van der Waals surface area contributed by atoms with E-state index in [0.29, 0.717) is 28.8 Å². The van der Waals surface area contributed by atoms with E-state index in [1.54, 1.807) is 12.1 Å². The van der Waals surface area contributed by atoms with E-state index in [0.717, 1.165) is 36.4 Å². The summed E-state index contributed by atoms with van der Waals surface area (Å²) in [5, 5.41) is 58.3. The zero-order valence-electron chi connectivity index (χ0n) is 34.6. The maximum Gasteiger partial charge on any atom is 0.296 e. The number of sulfone groups is 1. The van der Waals surface area contributed by atoms with Crippen molar-refractivity contribution in [2.45, 2.75) is 24.5 Å². The van der Waals surface area contributed by atoms with Crippen LogP contribution < -0.4 is 21.9 Å². The Morgan fingerprint density at radius 1 is 0.614 bits per heavy atom. The standard InChI is InChI=1S/C36H32N10O18S6/c37-19-1-11-27(26(38)15-19)42-40-20-2-4-22(5-3-20)46-68(52,53)23-8-6-21(7-9-23)41-45-35-32(70(57,58)59)17-25-30(65-63-61-48)18-29(34(39)33(25)36(35)47)44-43-28-12-10-24(16-31(28)69(54,55)56)67(50,51)14-13-60-66-64-62-49/h1-12,15-18,46-49H,13-14,37-39H2,(H,54,55,56)(H,57,58,59)/b42-40+,44-43+,45-41+. The monoisotopic (exact) mass is 1080 g/mol. The number of fused-ring (bicyclic) bond motifs is 1. The Morgan fingerprint density at radius 2 is 1.20 bits per heavy atom. The molecule has 370 valence electrons. The molecule has 0 aliphatic carbocycles. The van der Waals surface area contributed by atoms with Crippen molar-refractivity contribution in [3.8, 4) is 5.75 Å². The molecule has 0 bridgehead atoms. The van der Waals surface area contributed by atoms with E-state index in [1.807, 2.05) is 0 Å². The van der Waals surface area contributed by atoms with Crippen LogP contribution in [0.1, 0.15) is 0 Å². The summed E-state index contributed by atoms with van der Waals surface area (Å²) in [7, 11) is -19.0. The molecule has 0 amide bonds. The molecule has 6 rings (SSSR count). The van der Waals surface area contributed by atoms with E-state index >= 15 is 0 Å². The van der Waals surface area contributed by atoms with Gasteiger partial charge in [-0.05, 0) is 97.1 Å². The molecule has 12 N–H and O–H groups in total. The molecule has 6 aromatic rings. The lowest BCUT2D eigenvalue weighted by atomic mass is 10.0. The van der Waals surface area contributed by atoms with Crippen LogP contribution in [0.4, 0.5) is 56.9 Å². The molecule has 0 radical (unpaired) electrons. The van der Waals surface area contributed by atoms with Gasteiger partial charge in [0.1, 0.15) is 32.5 Å². The minimum Gasteiger partial charge on any atom is -0.505 e. The molecule has 0 aliphatic rings. The normalized spacial score (nSPS) is 12.7. The SMILES string of the molecule is Nc1ccc(/N=N/c2ccc(NS(=O)(=O)c3ccc(/N=N/c4c(S(=O)(=O)O)cc5c(SOOO)cc(/N=N/c6ccc(S(=O)(=O)CCOSOOO)cc6S(=O)(=O)O)c(N)c5c4O)cc3)cc2)c(N)c1. The molecule has 6 aromatic carbocycles. The number of azo groups is 3. The van der Waals surface area contributed by atoms with Gasteiger partial charge < -0.3 is 22.3 Å². The molecule has 28 nitrogen and oxygen atoms in total. The predicted molar refractivity (Wildman–Crippen MR) is 249 cm³/mol. The minimum absolute atomic E-state index is 0.0892. The second-order valence-electron chi connectivity index (χ2n) is 13.5. The molecular formula is C36H32N10O18S6. The lowest BCUT2D eigenvalue weighted by molar-refractivity contribution is -0.434. The van der Waals surface area contributed by atoms with Crippen molar-refractivity contribution in [3.63, 3.8) is 0 Å². The smallest absolute Gasteiger partial charge is 0.296 e. The summed E-state index contributed by atoms with van der Waals surface area (Å²) in [6.45, 7) is -0.538. The number of hydrogen-bond donors (Lipinski definition) is 9. The first-order chi connectivity index (χ1) is 33.0. The first-order valence-corrected chi connectivity index (χ1v) is 25.9. The summed E-state index contributed by atoms with van der Waals surface area (Å²) >= 11 is 0.275. The summed E-state index contributed by atoms with van der Waals surface area (Å²) in [6, 6.07) is 19.3. The van der Waals surface area contributed by atoms with Crippen LogP contribution in [0.3, 0.4) is 0 Å². The highest BCUT2D eigenvalue weighted by atomic mass is 32.2. The van der Waals surface area contributed by atoms with Gasteiger partial charge in [-0.25, -0.2) is 27.4 Å². The van der Waals surface area contributed by atoms with Crippen LogP contribution in [0.2, 0.25) is 0 Å². The van der Waals surface area contributed by atoms with Gasteiger partial charge in [-0.2, -0.15) is 27.1 Å². The molecule has 34 heteroatoms. The molecule has 0 unspecified atom stereocenters. The Kier molecular flexibility index (Phi) is 16.7. The van der Waals surface area contributed by atoms with Crippen LogP contribution in [0.25, 0.3) is 10.8 Å². The summed E-state index contributed by atoms with van der Waals surface area (Å²) in [4.78, 5) is -3.21. The van der Waals surface area contributed by atoms with Crippen LogP contribution in [0, 0.1) is 0 Å². The van der Waals surface area contributed by atoms with Crippen molar-refractivity contribution in [1.82, 2.24) is 0 Å². The van der Waals surface area contributed by atoms with E-state index in [4.69, 9.17) is 31.9 Å². The maximum atomic E-state index is 13.2. The van der Waals surface area contributed by atoms with Crippen LogP contribution in [-0.4, -0.2) is 70.8 Å². The Morgan fingerprint density at radius 3 is 1.83 bits per heavy atom. The molecule has 0 heterocycles. The topological polar surface area (TPSA) is 448 Å². The zero-order valence-corrected chi connectivity index (χ0v) is 39.5. The van der Waals surface area contributed by atoms with Gasteiger partial charge in [0, 0.05) is 21.7 Å². The second-order valence-corrected chi connectivity index (χ2v) is 21.3. The highest BCUT2D eigenvalue weighted by molar-refractivity contribution is 7.95. The molecular weight excluding hydrogens is 1050 g/mol. The first-order valence-electron chi connectivity index (χ1n) is 18.5. The Labute approximate surface area is 403 Å². The van der Waals surface area contributed by atoms with Crippen molar-refractivity contribution in [3.05, 3.63) is 97.1 Å². The Balaban J connectivity index is 1.30. The number of anilines is 4. The third kappa shape index (κ3) is 13.0. The zero-order chi connectivity index (χ0) is 51.0. The van der Waals surface area contributed by atoms with Crippen molar-refractivity contribution in [2.75, 3.05) is 34.3 Å². The summed E-state index contributed by atoms with van der Waals surface area (Å²) in [5.41, 5.74) is 17.0. The van der Waals surface area contributed by atoms with Crippen LogP contribution >= 0.6 is 24.4 Å². The average Bonchev–Trinajstić information content (AvgIpc) is 3.30. The lowest BCUT2D eigenvalue weighted by Gasteiger charge is -2.14. The van der Waals surface area contributed by atoms with Gasteiger partial charge in [-0.15, -0.1) is 29.1 Å². The molecule has 0 saturated carbocycles. The number of nitrogen functional groups attached to an aromatic ring is 3. The molecule has 0 spiro atoms. The van der Waals surface area contributed by atoms with Gasteiger partial charge in [0.05, 0.1) is 62.3 Å². The Hall–Kier alpha value is -6.48. The lowest BCUT2D eigenvalue weighted by Crippen LogP contribution is -2.12. The number of rotatable bonds is 21. The molecule has 70 heavy (non-hydrogen) atoms. The molecule has 0 aliphatic heterocycles. The largest absolute Gasteiger partial charge is 0.505 e. The van der Waals surface area contributed by atoms with Gasteiger partial charge in [-0.1, -0.05) is 10.1 Å². The van der Waals surface area contributed by atoms with E-state index in [2.05, 4.69) is 54.2 Å². The van der Waals surface area contributed by atoms with Crippen LogP contribution in [0.5, 0.6) is 5.75 Å². The van der Waals surface area contributed by atoms with Crippen LogP contribution in [0.15, 0.2) is 152 Å². The number of nitrogens with two attached hydrogens (primary N) is 3. The molecule has 0 atom stereocenters. The van der Waals surface area contributed by atoms with Crippen molar-refractivity contribution < 1.29 is 81.3 Å². The van der Waals surface area contributed by atoms with Crippen molar-refractivity contribution in [1.29, 1.82) is 0 Å². The Bertz CT molecular complexity index is 3500. The van der Waals surface area contributed by atoms with E-state index < -0.39 is 101 Å². The summed E-state index contributed by atoms with van der Waals surface area (Å²) in [5.74, 6) is -1.81. The number of hydrogen-bond acceptors (Lipinski definition) is 27. The van der Waals surface area contributed by atoms with E-state index in [-0.39, 0.29) is 50.9 Å². The van der Waals surface area contributed by atoms with E-state index in [1.165, 1.54) is 42.5 Å². The number of sulfonamides is 1. The molecule has 0 fully saturated rings. The van der Waals surface area contributed by atoms with Crippen molar-refractivity contribution >= 4 is 132 Å². The number of aromatic hydroxyl groups is 1. The van der Waals surface area contributed by atoms with E-state index in [9.17, 15) is 47.9 Å². The summed E-state index contributed by atoms with van der Waals surface area (Å²) < 4.78 is 138. The summed E-state index contributed by atoms with van der Waals surface area (Å²) in [6.07, 6.45) is 0. The van der Waals surface area contributed by atoms with Gasteiger partial charge in [-0.3, -0.25) is 18.0 Å². The van der Waals surface area contributed by atoms with Gasteiger partial charge in [0.2, 0.25) is 0 Å². The number of phenolic OH excluding ortho intramolecular Hbond substituents is 1. The fourth-order valence-electron chi connectivity index (χ4n) is 5.80. The first kappa shape index (κ1) is 52.9. The van der Waals surface area contributed by atoms with Crippen LogP contribution in [-0.2, 0) is 63.0 Å². The predicted octanol–water partition coefficient (Wildman–Crippen LogP) is 8.04. The third-order valence-electron chi connectivity index (χ3n) is 8.98. The quantitative estimate of drug-likeness (QED) is 0.00626. The number of benzene rings is 6. The third-order valence-corrected chi connectivity index (χ3v) is 14.8. The second kappa shape index (κ2) is 22.1. The number of nitrogens with one attached hydrogen (secondary N) is 1. The number of nitrogens with zero attached hydrogens (tertiary/aromatic N) is 6. The average molecular weight is 1090 g/mol. The highest BCUT2D eigenvalue weighted by Crippen LogP contribution is 2.49.